The Labute approximate surface area is 788 Å². The Balaban J connectivity index is 0.0000000985. The molecule has 0 fully saturated rings. The average molecular weight is 1840 g/mol. The molecule has 0 spiro atoms. The van der Waals surface area contributed by atoms with Crippen LogP contribution in [0.5, 0.6) is 23.0 Å². The number of para-hydroxylation sites is 2. The van der Waals surface area contributed by atoms with Crippen LogP contribution >= 0.6 is 0 Å². The highest BCUT2D eigenvalue weighted by Crippen LogP contribution is 2.42. The summed E-state index contributed by atoms with van der Waals surface area (Å²) in [6.07, 6.45) is 20.5. The van der Waals surface area contributed by atoms with Gasteiger partial charge in [0.1, 0.15) is 51.3 Å². The first kappa shape index (κ1) is 81.8. The lowest BCUT2D eigenvalue weighted by atomic mass is 10.0. The van der Waals surface area contributed by atoms with Crippen LogP contribution in [0.15, 0.2) is 299 Å². The number of aromatic nitrogens is 23. The van der Waals surface area contributed by atoms with E-state index in [0.29, 0.717) is 91.8 Å². The van der Waals surface area contributed by atoms with E-state index in [1.54, 1.807) is 80.4 Å². The predicted octanol–water partition coefficient (Wildman–Crippen LogP) is 18.8. The number of aromatic amines is 8. The molecule has 140 heavy (non-hydrogen) atoms. The molecule has 35 nitrogen and oxygen atoms in total. The van der Waals surface area contributed by atoms with Crippen LogP contribution in [0, 0.1) is 0 Å². The van der Waals surface area contributed by atoms with Crippen molar-refractivity contribution in [2.45, 2.75) is 0 Å². The first-order chi connectivity index (χ1) is 68.8. The monoisotopic (exact) mass is 1840 g/mol. The van der Waals surface area contributed by atoms with E-state index in [2.05, 4.69) is 123 Å². The van der Waals surface area contributed by atoms with E-state index in [0.717, 1.165) is 177 Å². The Hall–Kier alpha value is -20.1. The number of nitrogens with zero attached hydrogens (tertiary/aromatic N) is 15. The molecule has 0 saturated heterocycles. The molecule has 24 aromatic rings. The minimum Gasteiger partial charge on any atom is -0.484 e. The van der Waals surface area contributed by atoms with Gasteiger partial charge in [-0.05, 0) is 167 Å². The molecule has 35 heteroatoms. The molecule has 0 saturated carbocycles. The maximum atomic E-state index is 12.6. The molecule has 0 radical (unpaired) electrons. The highest BCUT2D eigenvalue weighted by molar-refractivity contribution is 6.05. The largest absolute Gasteiger partial charge is 0.484 e. The zero-order valence-corrected chi connectivity index (χ0v) is 73.1. The highest BCUT2D eigenvalue weighted by Gasteiger charge is 2.26. The molecule has 9 aromatic carbocycles. The fourth-order valence-electron chi connectivity index (χ4n) is 17.7. The molecule has 4 amide bonds. The maximum absolute atomic E-state index is 12.6. The number of fused-ring (bicyclic) bond motifs is 36. The summed E-state index contributed by atoms with van der Waals surface area (Å²) < 4.78 is 23.1. The third kappa shape index (κ3) is 15.7. The number of benzene rings is 9. The van der Waals surface area contributed by atoms with E-state index >= 15 is 0 Å². The van der Waals surface area contributed by atoms with E-state index in [9.17, 15) is 19.2 Å². The number of hydrogen-bond donors (Lipinski definition) is 12. The maximum Gasteiger partial charge on any atom is 0.262 e. The normalized spacial score (nSPS) is 13.0. The first-order valence-corrected chi connectivity index (χ1v) is 44.2. The number of imidazole rings is 4. The summed E-state index contributed by atoms with van der Waals surface area (Å²) in [5.41, 5.74) is 29.2. The number of hydrogen-bond acceptors (Lipinski definition) is 23. The Morgan fingerprint density at radius 1 is 0.243 bits per heavy atom. The van der Waals surface area contributed by atoms with Crippen LogP contribution in [0.1, 0.15) is 0 Å². The van der Waals surface area contributed by atoms with Gasteiger partial charge in [0.25, 0.3) is 23.6 Å². The van der Waals surface area contributed by atoms with Crippen LogP contribution < -0.4 is 40.2 Å². The van der Waals surface area contributed by atoms with Gasteiger partial charge in [0, 0.05) is 110 Å². The van der Waals surface area contributed by atoms with E-state index in [1.165, 1.54) is 0 Å². The molecule has 0 atom stereocenters. The van der Waals surface area contributed by atoms with Gasteiger partial charge in [0.05, 0.1) is 120 Å². The van der Waals surface area contributed by atoms with Crippen molar-refractivity contribution in [1.29, 1.82) is 0 Å². The average Bonchev–Trinajstić information content (AvgIpc) is 1.62. The van der Waals surface area contributed by atoms with Crippen molar-refractivity contribution in [2.75, 3.05) is 47.7 Å². The smallest absolute Gasteiger partial charge is 0.262 e. The van der Waals surface area contributed by atoms with Crippen LogP contribution in [-0.2, 0) is 19.2 Å². The van der Waals surface area contributed by atoms with Crippen molar-refractivity contribution in [2.24, 2.45) is 0 Å². The van der Waals surface area contributed by atoms with Crippen LogP contribution in [0.4, 0.5) is 22.7 Å². The number of nitrogens with one attached hydrogen (secondary N) is 12. The number of pyridine rings is 7. The van der Waals surface area contributed by atoms with Crippen LogP contribution in [0.3, 0.4) is 0 Å². The van der Waals surface area contributed by atoms with Crippen LogP contribution in [-0.4, -0.2) is 166 Å². The van der Waals surface area contributed by atoms with Gasteiger partial charge in [-0.15, -0.1) is 0 Å². The van der Waals surface area contributed by atoms with Crippen molar-refractivity contribution in [1.82, 2.24) is 116 Å². The highest BCUT2D eigenvalue weighted by atomic mass is 16.5. The Morgan fingerprint density at radius 3 is 1.07 bits per heavy atom. The van der Waals surface area contributed by atoms with E-state index in [-0.39, 0.29) is 50.1 Å². The first-order valence-electron chi connectivity index (χ1n) is 44.2. The lowest BCUT2D eigenvalue weighted by Crippen LogP contribution is -2.20. The van der Waals surface area contributed by atoms with Gasteiger partial charge in [-0.25, -0.2) is 24.9 Å². The van der Waals surface area contributed by atoms with Gasteiger partial charge >= 0.3 is 0 Å². The van der Waals surface area contributed by atoms with Gasteiger partial charge in [-0.3, -0.25) is 69.5 Å². The molecule has 12 N–H and O–H groups in total. The summed E-state index contributed by atoms with van der Waals surface area (Å²) in [7, 11) is 0. The van der Waals surface area contributed by atoms with Gasteiger partial charge in [0.2, 0.25) is 0 Å². The minimum absolute atomic E-state index is 0.116. The molecule has 4 aliphatic heterocycles. The quantitative estimate of drug-likeness (QED) is 0.0671. The topological polar surface area (TPSA) is 473 Å². The number of rotatable bonds is 0. The Morgan fingerprint density at radius 2 is 0.607 bits per heavy atom. The number of amides is 4. The van der Waals surface area contributed by atoms with Crippen LogP contribution in [0.25, 0.3) is 223 Å². The summed E-state index contributed by atoms with van der Waals surface area (Å²) in [5.74, 6) is 3.87. The number of H-pyrrole nitrogens is 8. The number of carbonyl (C=O) groups excluding carboxylic acids is 4. The molecule has 672 valence electrons. The van der Waals surface area contributed by atoms with Crippen molar-refractivity contribution >= 4 is 134 Å². The van der Waals surface area contributed by atoms with Crippen molar-refractivity contribution < 1.29 is 38.1 Å². The lowest BCUT2D eigenvalue weighted by Gasteiger charge is -2.10. The fraction of sp³-hybridized carbons (Fsp3) is 0.0381. The van der Waals surface area contributed by atoms with Gasteiger partial charge < -0.3 is 60.2 Å². The lowest BCUT2D eigenvalue weighted by molar-refractivity contribution is -0.118. The second-order valence-corrected chi connectivity index (χ2v) is 33.4. The zero-order valence-electron chi connectivity index (χ0n) is 73.1. The summed E-state index contributed by atoms with van der Waals surface area (Å²) in [4.78, 5) is 114. The van der Waals surface area contributed by atoms with Crippen molar-refractivity contribution in [3.8, 4) is 158 Å². The predicted molar refractivity (Wildman–Crippen MR) is 529 cm³/mol. The summed E-state index contributed by atoms with van der Waals surface area (Å²) in [6, 6.07) is 71.7. The van der Waals surface area contributed by atoms with E-state index in [1.807, 2.05) is 212 Å². The molecule has 32 bridgehead atoms. The van der Waals surface area contributed by atoms with E-state index in [4.69, 9.17) is 38.9 Å². The minimum atomic E-state index is -0.278. The SMILES string of the molecule is O=C1COc2cccc(c2)-c2cccc3[nH]c(nc23)-c2[nH]nc3ncc(cc23)-c2cncc(c2)N1.O=C1COc2cccc(c2)-c2cccc3[nH]c(nc23)-c2n[nH]c3ccc(cc23)-c2cncc(c2)N1.O=C1COc2cccc(c2)-c2cncc3[nH]c(nc23)-c2n[nH]c3ccc(cc23)-c2cncc(c2)N1.O=C1COc2cccc(c2)-c2nccc3[nH]c(nc23)-c2n[nH]c3ccc(cc23)-c2cncc(c2)N1. The molecule has 15 aromatic heterocycles. The van der Waals surface area contributed by atoms with Gasteiger partial charge in [-0.2, -0.15) is 20.4 Å². The molecule has 19 heterocycles. The van der Waals surface area contributed by atoms with Crippen molar-refractivity contribution in [3.63, 3.8) is 0 Å². The standard InChI is InChI=1S/C27H18N6O2.3C26H17N7O2/c34-24-14-35-19-4-1-3-16(10-19)20-5-2-6-23-25(20)31-27(30-23)26-21-11-15(7-8-22(21)32-33-26)17-9-18(29-24)13-28-12-17;34-22-13-35-18-4-1-3-14(8-18)19-5-2-6-21-23(19)31-26(30-21)24-20-9-16(11-28-25(20)33-32-24)15-7-17(29-22)12-27-10-15;34-23-13-35-18-3-1-2-15(7-18)20-11-28-12-22-24(20)31-26(30-22)25-19-8-14(4-5-21(19)32-33-25)16-6-17(29-23)10-27-9-16;34-22-13-35-18-3-1-2-15(9-18)23-25-21(6-7-28-23)30-26(31-25)24-19-10-14(4-5-20(19)32-33-24)16-8-17(29-22)12-27-11-16/h1-13H,14H2,(H,29,34)(H,30,31)(H,32,33);1-12H,13H2,(H,29,34)(H,30,31)(H,28,32,33);2*1-12H,13H2,(H,29,34)(H,30,31)(H,32,33). The van der Waals surface area contributed by atoms with Gasteiger partial charge in [0.15, 0.2) is 55.4 Å². The third-order valence-corrected chi connectivity index (χ3v) is 24.3. The molecule has 4 aliphatic rings. The number of carbonyl (C=O) groups is 4. The zero-order chi connectivity index (χ0) is 93.4. The fourth-order valence-corrected chi connectivity index (χ4v) is 17.7. The Bertz CT molecular complexity index is 8120. The summed E-state index contributed by atoms with van der Waals surface area (Å²) in [6.45, 7) is -0.514. The Kier molecular flexibility index (Phi) is 20.0. The molecule has 0 unspecified atom stereocenters. The van der Waals surface area contributed by atoms with E-state index < -0.39 is 0 Å². The molecular weight excluding hydrogens is 1770 g/mol. The van der Waals surface area contributed by atoms with Crippen molar-refractivity contribution in [3.05, 3.63) is 299 Å². The van der Waals surface area contributed by atoms with Crippen LogP contribution in [0.2, 0.25) is 0 Å². The second kappa shape index (κ2) is 34.2. The summed E-state index contributed by atoms with van der Waals surface area (Å²) >= 11 is 0. The third-order valence-electron chi connectivity index (χ3n) is 24.3. The number of ether oxygens (including phenoxy) is 4. The molecule has 0 aliphatic carbocycles. The second-order valence-electron chi connectivity index (χ2n) is 33.4. The van der Waals surface area contributed by atoms with Gasteiger partial charge in [-0.1, -0.05) is 91.0 Å². The molecule has 28 rings (SSSR count). The molecular formula is C105H69N27O8. The number of anilines is 4. The summed E-state index contributed by atoms with van der Waals surface area (Å²) in [5, 5.41) is 45.5.